The van der Waals surface area contributed by atoms with E-state index in [0.717, 1.165) is 37.5 Å². The van der Waals surface area contributed by atoms with E-state index in [1.807, 2.05) is 24.3 Å². The molecule has 0 radical (unpaired) electrons. The van der Waals surface area contributed by atoms with Gasteiger partial charge < -0.3 is 9.47 Å². The summed E-state index contributed by atoms with van der Waals surface area (Å²) in [4.78, 5) is 12.5. The van der Waals surface area contributed by atoms with E-state index in [1.54, 1.807) is 0 Å². The molecule has 1 aromatic carbocycles. The first-order chi connectivity index (χ1) is 13.7. The summed E-state index contributed by atoms with van der Waals surface area (Å²) < 4.78 is 11.4. The van der Waals surface area contributed by atoms with Crippen LogP contribution >= 0.6 is 0 Å². The molecule has 1 saturated carbocycles. The number of carbonyl (C=O) groups is 1. The van der Waals surface area contributed by atoms with E-state index in [1.165, 1.54) is 64.2 Å². The normalized spacial score (nSPS) is 19.4. The SMILES string of the molecule is CCCCCCOc1ccc(OC(=O)C2CCC(CCCCCC)CC2)cc1. The molecule has 0 aromatic heterocycles. The van der Waals surface area contributed by atoms with Crippen LogP contribution in [0.4, 0.5) is 0 Å². The summed E-state index contributed by atoms with van der Waals surface area (Å²) in [6.45, 7) is 5.22. The van der Waals surface area contributed by atoms with Crippen molar-refractivity contribution in [3.8, 4) is 11.5 Å². The number of esters is 1. The molecule has 0 unspecified atom stereocenters. The minimum atomic E-state index is -0.0577. The number of unbranched alkanes of at least 4 members (excludes halogenated alkanes) is 6. The Morgan fingerprint density at radius 1 is 0.821 bits per heavy atom. The molecule has 3 heteroatoms. The molecular formula is C25H40O3. The van der Waals surface area contributed by atoms with Gasteiger partial charge in [-0.3, -0.25) is 4.79 Å². The molecule has 1 aliphatic rings. The molecule has 3 nitrogen and oxygen atoms in total. The highest BCUT2D eigenvalue weighted by atomic mass is 16.5. The van der Waals surface area contributed by atoms with E-state index in [0.29, 0.717) is 5.75 Å². The molecule has 0 heterocycles. The van der Waals surface area contributed by atoms with Gasteiger partial charge >= 0.3 is 5.97 Å². The monoisotopic (exact) mass is 388 g/mol. The quantitative estimate of drug-likeness (QED) is 0.202. The summed E-state index contributed by atoms with van der Waals surface area (Å²) >= 11 is 0. The van der Waals surface area contributed by atoms with Crippen molar-refractivity contribution in [3.63, 3.8) is 0 Å². The van der Waals surface area contributed by atoms with E-state index in [-0.39, 0.29) is 11.9 Å². The van der Waals surface area contributed by atoms with Crippen LogP contribution in [0.5, 0.6) is 11.5 Å². The van der Waals surface area contributed by atoms with E-state index >= 15 is 0 Å². The third kappa shape index (κ3) is 8.67. The summed E-state index contributed by atoms with van der Waals surface area (Å²) in [6, 6.07) is 7.49. The molecule has 0 spiro atoms. The second-order valence-electron chi connectivity index (χ2n) is 8.37. The summed E-state index contributed by atoms with van der Waals surface area (Å²) in [5.74, 6) is 2.30. The van der Waals surface area contributed by atoms with Crippen molar-refractivity contribution in [2.45, 2.75) is 97.3 Å². The number of benzene rings is 1. The Kier molecular flexibility index (Phi) is 11.1. The standard InChI is InChI=1S/C25H40O3/c1-3-5-7-9-11-21-12-14-22(15-13-21)25(26)28-24-18-16-23(17-19-24)27-20-10-8-6-4-2/h16-19,21-22H,3-15,20H2,1-2H3. The number of ether oxygens (including phenoxy) is 2. The van der Waals surface area contributed by atoms with Crippen molar-refractivity contribution >= 4 is 5.97 Å². The fourth-order valence-corrected chi connectivity index (χ4v) is 4.07. The van der Waals surface area contributed by atoms with Crippen LogP contribution in [0, 0.1) is 11.8 Å². The number of hydrogen-bond donors (Lipinski definition) is 0. The molecule has 0 bridgehead atoms. The van der Waals surface area contributed by atoms with Gasteiger partial charge in [0, 0.05) is 0 Å². The van der Waals surface area contributed by atoms with Crippen LogP contribution in [0.1, 0.15) is 97.3 Å². The predicted molar refractivity (Wildman–Crippen MR) is 116 cm³/mol. The average molecular weight is 389 g/mol. The van der Waals surface area contributed by atoms with Crippen LogP contribution < -0.4 is 9.47 Å². The third-order valence-electron chi connectivity index (χ3n) is 5.95. The zero-order valence-corrected chi connectivity index (χ0v) is 18.1. The van der Waals surface area contributed by atoms with Crippen molar-refractivity contribution in [2.24, 2.45) is 11.8 Å². The second-order valence-corrected chi connectivity index (χ2v) is 8.37. The highest BCUT2D eigenvalue weighted by Gasteiger charge is 2.27. The second kappa shape index (κ2) is 13.6. The van der Waals surface area contributed by atoms with Gasteiger partial charge in [-0.2, -0.15) is 0 Å². The van der Waals surface area contributed by atoms with Crippen molar-refractivity contribution < 1.29 is 14.3 Å². The Bertz CT molecular complexity index is 529. The molecule has 1 aliphatic carbocycles. The van der Waals surface area contributed by atoms with Crippen LogP contribution in [0.3, 0.4) is 0 Å². The fourth-order valence-electron chi connectivity index (χ4n) is 4.07. The first-order valence-electron chi connectivity index (χ1n) is 11.7. The Labute approximate surface area is 172 Å². The largest absolute Gasteiger partial charge is 0.494 e. The maximum atomic E-state index is 12.5. The molecular weight excluding hydrogens is 348 g/mol. The number of carbonyl (C=O) groups excluding carboxylic acids is 1. The lowest BCUT2D eigenvalue weighted by Crippen LogP contribution is -2.25. The summed E-state index contributed by atoms with van der Waals surface area (Å²) in [6.07, 6.45) is 15.8. The van der Waals surface area contributed by atoms with Crippen LogP contribution in [-0.4, -0.2) is 12.6 Å². The third-order valence-corrected chi connectivity index (χ3v) is 5.95. The zero-order chi connectivity index (χ0) is 20.0. The van der Waals surface area contributed by atoms with Crippen molar-refractivity contribution in [1.82, 2.24) is 0 Å². The highest BCUT2D eigenvalue weighted by molar-refractivity contribution is 5.75. The minimum Gasteiger partial charge on any atom is -0.494 e. The van der Waals surface area contributed by atoms with Gasteiger partial charge in [-0.25, -0.2) is 0 Å². The van der Waals surface area contributed by atoms with Gasteiger partial charge in [0.2, 0.25) is 0 Å². The predicted octanol–water partition coefficient (Wildman–Crippen LogP) is 7.33. The molecule has 0 N–H and O–H groups in total. The van der Waals surface area contributed by atoms with Crippen LogP contribution in [0.25, 0.3) is 0 Å². The molecule has 2 rings (SSSR count). The Morgan fingerprint density at radius 2 is 1.43 bits per heavy atom. The van der Waals surface area contributed by atoms with Crippen molar-refractivity contribution in [2.75, 3.05) is 6.61 Å². The van der Waals surface area contributed by atoms with E-state index < -0.39 is 0 Å². The molecule has 158 valence electrons. The van der Waals surface area contributed by atoms with Gasteiger partial charge in [-0.05, 0) is 62.3 Å². The van der Waals surface area contributed by atoms with Crippen molar-refractivity contribution in [3.05, 3.63) is 24.3 Å². The van der Waals surface area contributed by atoms with Crippen LogP contribution in [0.2, 0.25) is 0 Å². The van der Waals surface area contributed by atoms with Gasteiger partial charge in [0.1, 0.15) is 11.5 Å². The molecule has 0 aliphatic heterocycles. The van der Waals surface area contributed by atoms with Gasteiger partial charge in [-0.1, -0.05) is 65.2 Å². The fraction of sp³-hybridized carbons (Fsp3) is 0.720. The first-order valence-corrected chi connectivity index (χ1v) is 11.7. The highest BCUT2D eigenvalue weighted by Crippen LogP contribution is 2.33. The smallest absolute Gasteiger partial charge is 0.314 e. The topological polar surface area (TPSA) is 35.5 Å². The average Bonchev–Trinajstić information content (AvgIpc) is 2.73. The lowest BCUT2D eigenvalue weighted by Gasteiger charge is -2.27. The molecule has 1 fully saturated rings. The summed E-state index contributed by atoms with van der Waals surface area (Å²) in [5, 5.41) is 0. The summed E-state index contributed by atoms with van der Waals surface area (Å²) in [7, 11) is 0. The van der Waals surface area contributed by atoms with Gasteiger partial charge in [0.05, 0.1) is 12.5 Å². The lowest BCUT2D eigenvalue weighted by molar-refractivity contribution is -0.140. The molecule has 0 amide bonds. The maximum Gasteiger partial charge on any atom is 0.314 e. The van der Waals surface area contributed by atoms with Crippen molar-refractivity contribution in [1.29, 1.82) is 0 Å². The zero-order valence-electron chi connectivity index (χ0n) is 18.1. The Hall–Kier alpha value is -1.51. The Balaban J connectivity index is 1.64. The van der Waals surface area contributed by atoms with Crippen LogP contribution in [-0.2, 0) is 4.79 Å². The maximum absolute atomic E-state index is 12.5. The van der Waals surface area contributed by atoms with E-state index in [2.05, 4.69) is 13.8 Å². The van der Waals surface area contributed by atoms with E-state index in [9.17, 15) is 4.79 Å². The molecule has 1 aromatic rings. The number of rotatable bonds is 13. The van der Waals surface area contributed by atoms with Gasteiger partial charge in [-0.15, -0.1) is 0 Å². The summed E-state index contributed by atoms with van der Waals surface area (Å²) in [5.41, 5.74) is 0. The molecule has 28 heavy (non-hydrogen) atoms. The molecule has 0 atom stereocenters. The lowest BCUT2D eigenvalue weighted by atomic mass is 9.80. The van der Waals surface area contributed by atoms with Gasteiger partial charge in [0.25, 0.3) is 0 Å². The van der Waals surface area contributed by atoms with Crippen LogP contribution in [0.15, 0.2) is 24.3 Å². The number of hydrogen-bond acceptors (Lipinski definition) is 3. The first kappa shape index (κ1) is 22.8. The van der Waals surface area contributed by atoms with Gasteiger partial charge in [0.15, 0.2) is 0 Å². The minimum absolute atomic E-state index is 0.0577. The van der Waals surface area contributed by atoms with E-state index in [4.69, 9.17) is 9.47 Å². The Morgan fingerprint density at radius 3 is 2.07 bits per heavy atom. The molecule has 0 saturated heterocycles.